The summed E-state index contributed by atoms with van der Waals surface area (Å²) in [7, 11) is 0. The maximum Gasteiger partial charge on any atom is 0.236 e. The summed E-state index contributed by atoms with van der Waals surface area (Å²) in [6.45, 7) is 4.87. The highest BCUT2D eigenvalue weighted by Crippen LogP contribution is 2.44. The Morgan fingerprint density at radius 2 is 2.11 bits per heavy atom. The van der Waals surface area contributed by atoms with Gasteiger partial charge in [0.15, 0.2) is 5.84 Å². The van der Waals surface area contributed by atoms with Gasteiger partial charge in [-0.15, -0.1) is 0 Å². The third kappa shape index (κ3) is 2.18. The highest BCUT2D eigenvalue weighted by Gasteiger charge is 2.51. The number of rotatable bonds is 5. The molecule has 0 radical (unpaired) electrons. The lowest BCUT2D eigenvalue weighted by Crippen LogP contribution is -2.57. The van der Waals surface area contributed by atoms with E-state index in [-0.39, 0.29) is 17.8 Å². The number of amides is 1. The predicted octanol–water partition coefficient (Wildman–Crippen LogP) is 1.55. The summed E-state index contributed by atoms with van der Waals surface area (Å²) in [5.74, 6) is 0.784. The van der Waals surface area contributed by atoms with Crippen LogP contribution in [0.1, 0.15) is 46.0 Å². The highest BCUT2D eigenvalue weighted by atomic mass is 16.4. The zero-order valence-corrected chi connectivity index (χ0v) is 11.2. The molecular weight excluding hydrogens is 230 g/mol. The lowest BCUT2D eigenvalue weighted by atomic mass is 9.66. The van der Waals surface area contributed by atoms with Crippen molar-refractivity contribution in [3.8, 4) is 0 Å². The molecule has 1 amide bonds. The van der Waals surface area contributed by atoms with Gasteiger partial charge in [-0.25, -0.2) is 0 Å². The molecule has 5 nitrogen and oxygen atoms in total. The van der Waals surface area contributed by atoms with Crippen molar-refractivity contribution >= 4 is 11.7 Å². The molecule has 18 heavy (non-hydrogen) atoms. The Kier molecular flexibility index (Phi) is 3.50. The van der Waals surface area contributed by atoms with E-state index in [9.17, 15) is 4.79 Å². The quantitative estimate of drug-likeness (QED) is 0.338. The lowest BCUT2D eigenvalue weighted by molar-refractivity contribution is -0.144. The lowest BCUT2D eigenvalue weighted by Gasteiger charge is -2.43. The zero-order chi connectivity index (χ0) is 13.3. The van der Waals surface area contributed by atoms with Crippen LogP contribution in [0.5, 0.6) is 0 Å². The Labute approximate surface area is 108 Å². The predicted molar refractivity (Wildman–Crippen MR) is 69.3 cm³/mol. The molecule has 0 heterocycles. The molecule has 102 valence electrons. The summed E-state index contributed by atoms with van der Waals surface area (Å²) in [5.41, 5.74) is 5.02. The van der Waals surface area contributed by atoms with Crippen LogP contribution in [-0.2, 0) is 4.79 Å². The van der Waals surface area contributed by atoms with Crippen LogP contribution in [0.3, 0.4) is 0 Å². The van der Waals surface area contributed by atoms with Gasteiger partial charge in [0, 0.05) is 12.6 Å². The molecule has 2 fully saturated rings. The van der Waals surface area contributed by atoms with Crippen molar-refractivity contribution in [1.82, 2.24) is 4.90 Å². The van der Waals surface area contributed by atoms with Crippen molar-refractivity contribution < 1.29 is 10.0 Å². The van der Waals surface area contributed by atoms with E-state index in [1.165, 1.54) is 12.8 Å². The molecule has 0 atom stereocenters. The Morgan fingerprint density at radius 3 is 2.44 bits per heavy atom. The minimum absolute atomic E-state index is 0.0472. The van der Waals surface area contributed by atoms with Gasteiger partial charge in [0.05, 0.1) is 0 Å². The summed E-state index contributed by atoms with van der Waals surface area (Å²) < 4.78 is 0. The van der Waals surface area contributed by atoms with Crippen LogP contribution in [0.4, 0.5) is 0 Å². The van der Waals surface area contributed by atoms with Crippen LogP contribution >= 0.6 is 0 Å². The molecular formula is C13H23N3O2. The van der Waals surface area contributed by atoms with Crippen molar-refractivity contribution in [2.45, 2.75) is 52.0 Å². The van der Waals surface area contributed by atoms with E-state index in [4.69, 9.17) is 10.9 Å². The maximum atomic E-state index is 12.7. The van der Waals surface area contributed by atoms with Gasteiger partial charge >= 0.3 is 0 Å². The Morgan fingerprint density at radius 1 is 1.50 bits per heavy atom. The molecule has 0 aliphatic heterocycles. The number of nitrogens with zero attached hydrogens (tertiary/aromatic N) is 2. The SMILES string of the molecule is CC(C)N(CC1CC1)C(=O)C1(C(N)=NO)CCC1. The third-order valence-electron chi connectivity index (χ3n) is 4.25. The smallest absolute Gasteiger partial charge is 0.236 e. The van der Waals surface area contributed by atoms with Gasteiger partial charge < -0.3 is 15.8 Å². The number of hydrogen-bond acceptors (Lipinski definition) is 3. The first kappa shape index (κ1) is 13.2. The molecule has 0 spiro atoms. The van der Waals surface area contributed by atoms with E-state index >= 15 is 0 Å². The molecule has 0 aromatic rings. The number of amidine groups is 1. The fraction of sp³-hybridized carbons (Fsp3) is 0.846. The average molecular weight is 253 g/mol. The topological polar surface area (TPSA) is 78.9 Å². The Hall–Kier alpha value is -1.26. The van der Waals surface area contributed by atoms with Gasteiger partial charge in [0.25, 0.3) is 0 Å². The van der Waals surface area contributed by atoms with E-state index in [0.717, 1.165) is 13.0 Å². The van der Waals surface area contributed by atoms with Crippen LogP contribution in [0.15, 0.2) is 5.16 Å². The van der Waals surface area contributed by atoms with Crippen molar-refractivity contribution in [2.75, 3.05) is 6.54 Å². The van der Waals surface area contributed by atoms with Crippen molar-refractivity contribution in [3.05, 3.63) is 0 Å². The second-order valence-electron chi connectivity index (χ2n) is 5.92. The van der Waals surface area contributed by atoms with E-state index < -0.39 is 5.41 Å². The average Bonchev–Trinajstić information content (AvgIpc) is 3.07. The van der Waals surface area contributed by atoms with E-state index in [2.05, 4.69) is 5.16 Å². The van der Waals surface area contributed by atoms with Gasteiger partial charge in [0.1, 0.15) is 5.41 Å². The number of oxime groups is 1. The monoisotopic (exact) mass is 253 g/mol. The summed E-state index contributed by atoms with van der Waals surface area (Å²) in [6, 6.07) is 0.169. The van der Waals surface area contributed by atoms with Gasteiger partial charge in [-0.3, -0.25) is 4.79 Å². The largest absolute Gasteiger partial charge is 0.409 e. The van der Waals surface area contributed by atoms with Crippen LogP contribution < -0.4 is 5.73 Å². The number of hydrogen-bond donors (Lipinski definition) is 2. The van der Waals surface area contributed by atoms with Gasteiger partial charge in [-0.2, -0.15) is 0 Å². The van der Waals surface area contributed by atoms with Gasteiger partial charge in [-0.05, 0) is 45.4 Å². The fourth-order valence-corrected chi connectivity index (χ4v) is 2.59. The summed E-state index contributed by atoms with van der Waals surface area (Å²) >= 11 is 0. The molecule has 0 aromatic carbocycles. The fourth-order valence-electron chi connectivity index (χ4n) is 2.59. The normalized spacial score (nSPS) is 22.7. The molecule has 0 unspecified atom stereocenters. The molecule has 0 aromatic heterocycles. The Balaban J connectivity index is 2.15. The van der Waals surface area contributed by atoms with E-state index in [1.807, 2.05) is 18.7 Å². The molecule has 2 saturated carbocycles. The first-order chi connectivity index (χ1) is 8.51. The molecule has 3 N–H and O–H groups in total. The van der Waals surface area contributed by atoms with E-state index in [1.54, 1.807) is 0 Å². The van der Waals surface area contributed by atoms with Crippen LogP contribution in [-0.4, -0.2) is 34.4 Å². The molecule has 2 rings (SSSR count). The first-order valence-electron chi connectivity index (χ1n) is 6.80. The number of carbonyl (C=O) groups excluding carboxylic acids is 1. The number of carbonyl (C=O) groups is 1. The summed E-state index contributed by atoms with van der Waals surface area (Å²) in [4.78, 5) is 14.6. The third-order valence-corrected chi connectivity index (χ3v) is 4.25. The first-order valence-corrected chi connectivity index (χ1v) is 6.80. The van der Waals surface area contributed by atoms with Crippen molar-refractivity contribution in [2.24, 2.45) is 22.2 Å². The minimum Gasteiger partial charge on any atom is -0.409 e. The second-order valence-corrected chi connectivity index (χ2v) is 5.92. The number of nitrogens with two attached hydrogens (primary N) is 1. The van der Waals surface area contributed by atoms with Crippen molar-refractivity contribution in [3.63, 3.8) is 0 Å². The molecule has 2 aliphatic carbocycles. The molecule has 0 saturated heterocycles. The van der Waals surface area contributed by atoms with Gasteiger partial charge in [0.2, 0.25) is 5.91 Å². The molecule has 0 bridgehead atoms. The molecule has 2 aliphatic rings. The summed E-state index contributed by atoms with van der Waals surface area (Å²) in [6.07, 6.45) is 4.81. The van der Waals surface area contributed by atoms with Crippen LogP contribution in [0, 0.1) is 11.3 Å². The molecule has 5 heteroatoms. The van der Waals surface area contributed by atoms with Gasteiger partial charge in [-0.1, -0.05) is 11.6 Å². The summed E-state index contributed by atoms with van der Waals surface area (Å²) in [5, 5.41) is 12.0. The maximum absolute atomic E-state index is 12.7. The Bertz CT molecular complexity index is 357. The van der Waals surface area contributed by atoms with Crippen molar-refractivity contribution in [1.29, 1.82) is 0 Å². The second kappa shape index (κ2) is 4.78. The minimum atomic E-state index is -0.728. The van der Waals surface area contributed by atoms with Crippen LogP contribution in [0.25, 0.3) is 0 Å². The zero-order valence-electron chi connectivity index (χ0n) is 11.2. The van der Waals surface area contributed by atoms with E-state index in [0.29, 0.717) is 18.8 Å². The highest BCUT2D eigenvalue weighted by molar-refractivity contribution is 6.07. The van der Waals surface area contributed by atoms with Crippen LogP contribution in [0.2, 0.25) is 0 Å². The standard InChI is InChI=1S/C13H23N3O2/c1-9(2)16(8-10-4-5-10)12(17)13(6-3-7-13)11(14)15-18/h9-10,18H,3-8H2,1-2H3,(H2,14,15).